The molecule has 0 radical (unpaired) electrons. The molecule has 0 saturated carbocycles. The smallest absolute Gasteiger partial charge is 0.253 e. The standard InChI is InChI=1S/C16H19N3OS/c1-12-4-3-8-19(11-12)15(20)13-5-2-6-14(10-13)18-16-17-7-9-21-16/h2,5-7,9-10,12H,3-4,8,11H2,1H3,(H,17,18). The van der Waals surface area contributed by atoms with Crippen molar-refractivity contribution in [2.75, 3.05) is 18.4 Å². The molecule has 1 N–H and O–H groups in total. The Morgan fingerprint density at radius 1 is 1.48 bits per heavy atom. The number of amides is 1. The summed E-state index contributed by atoms with van der Waals surface area (Å²) in [7, 11) is 0. The summed E-state index contributed by atoms with van der Waals surface area (Å²) in [6.07, 6.45) is 4.08. The summed E-state index contributed by atoms with van der Waals surface area (Å²) >= 11 is 1.54. The highest BCUT2D eigenvalue weighted by atomic mass is 32.1. The Balaban J connectivity index is 1.74. The summed E-state index contributed by atoms with van der Waals surface area (Å²) < 4.78 is 0. The quantitative estimate of drug-likeness (QED) is 0.939. The third-order valence-corrected chi connectivity index (χ3v) is 4.43. The number of likely N-dealkylation sites (tertiary alicyclic amines) is 1. The molecule has 4 nitrogen and oxygen atoms in total. The molecule has 2 aromatic rings. The fourth-order valence-electron chi connectivity index (χ4n) is 2.70. The number of nitrogens with one attached hydrogen (secondary N) is 1. The number of benzene rings is 1. The summed E-state index contributed by atoms with van der Waals surface area (Å²) in [6.45, 7) is 3.94. The third-order valence-electron chi connectivity index (χ3n) is 3.74. The van der Waals surface area contributed by atoms with Crippen molar-refractivity contribution in [3.63, 3.8) is 0 Å². The lowest BCUT2D eigenvalue weighted by atomic mass is 9.99. The van der Waals surface area contributed by atoms with Gasteiger partial charge in [0.2, 0.25) is 0 Å². The van der Waals surface area contributed by atoms with Crippen LogP contribution in [0, 0.1) is 5.92 Å². The summed E-state index contributed by atoms with van der Waals surface area (Å²) in [5.41, 5.74) is 1.64. The number of carbonyl (C=O) groups is 1. The summed E-state index contributed by atoms with van der Waals surface area (Å²) in [6, 6.07) is 7.66. The van der Waals surface area contributed by atoms with Gasteiger partial charge in [-0.15, -0.1) is 11.3 Å². The van der Waals surface area contributed by atoms with Gasteiger partial charge in [0.15, 0.2) is 5.13 Å². The van der Waals surface area contributed by atoms with Crippen molar-refractivity contribution in [2.24, 2.45) is 5.92 Å². The van der Waals surface area contributed by atoms with Crippen LogP contribution in [0.25, 0.3) is 0 Å². The molecule has 1 unspecified atom stereocenters. The largest absolute Gasteiger partial charge is 0.338 e. The Morgan fingerprint density at radius 3 is 3.14 bits per heavy atom. The normalized spacial score (nSPS) is 18.5. The van der Waals surface area contributed by atoms with Crippen molar-refractivity contribution in [3.8, 4) is 0 Å². The number of hydrogen-bond donors (Lipinski definition) is 1. The zero-order valence-corrected chi connectivity index (χ0v) is 12.9. The number of hydrogen-bond acceptors (Lipinski definition) is 4. The predicted molar refractivity (Wildman–Crippen MR) is 86.1 cm³/mol. The number of thiazole rings is 1. The lowest BCUT2D eigenvalue weighted by Crippen LogP contribution is -2.39. The van der Waals surface area contributed by atoms with Gasteiger partial charge in [0.25, 0.3) is 5.91 Å². The van der Waals surface area contributed by atoms with Gasteiger partial charge >= 0.3 is 0 Å². The third kappa shape index (κ3) is 3.42. The Morgan fingerprint density at radius 2 is 2.38 bits per heavy atom. The van der Waals surface area contributed by atoms with Gasteiger partial charge in [0, 0.05) is 35.9 Å². The predicted octanol–water partition coefficient (Wildman–Crippen LogP) is 3.76. The molecular weight excluding hydrogens is 282 g/mol. The van der Waals surface area contributed by atoms with Gasteiger partial charge in [-0.1, -0.05) is 13.0 Å². The highest BCUT2D eigenvalue weighted by molar-refractivity contribution is 7.13. The Kier molecular flexibility index (Phi) is 4.20. The Bertz CT molecular complexity index is 612. The number of rotatable bonds is 3. The number of aromatic nitrogens is 1. The van der Waals surface area contributed by atoms with Crippen LogP contribution in [-0.4, -0.2) is 28.9 Å². The van der Waals surface area contributed by atoms with Crippen LogP contribution in [0.2, 0.25) is 0 Å². The molecule has 1 atom stereocenters. The average molecular weight is 301 g/mol. The molecule has 3 rings (SSSR count). The molecule has 1 aromatic heterocycles. The molecule has 1 aliphatic rings. The maximum absolute atomic E-state index is 12.6. The monoisotopic (exact) mass is 301 g/mol. The van der Waals surface area contributed by atoms with E-state index >= 15 is 0 Å². The van der Waals surface area contributed by atoms with E-state index in [0.717, 1.165) is 35.9 Å². The molecule has 21 heavy (non-hydrogen) atoms. The van der Waals surface area contributed by atoms with Crippen molar-refractivity contribution in [3.05, 3.63) is 41.4 Å². The first-order valence-electron chi connectivity index (χ1n) is 7.28. The van der Waals surface area contributed by atoms with Crippen LogP contribution in [0.3, 0.4) is 0 Å². The van der Waals surface area contributed by atoms with E-state index < -0.39 is 0 Å². The minimum Gasteiger partial charge on any atom is -0.338 e. The molecular formula is C16H19N3OS. The van der Waals surface area contributed by atoms with Gasteiger partial charge in [-0.2, -0.15) is 0 Å². The lowest BCUT2D eigenvalue weighted by Gasteiger charge is -2.31. The first kappa shape index (κ1) is 14.1. The minimum absolute atomic E-state index is 0.129. The van der Waals surface area contributed by atoms with Gasteiger partial charge in [-0.25, -0.2) is 4.98 Å². The molecule has 1 fully saturated rings. The zero-order valence-electron chi connectivity index (χ0n) is 12.1. The molecule has 0 spiro atoms. The van der Waals surface area contributed by atoms with Crippen molar-refractivity contribution in [2.45, 2.75) is 19.8 Å². The van der Waals surface area contributed by atoms with Crippen LogP contribution in [0.15, 0.2) is 35.8 Å². The van der Waals surface area contributed by atoms with E-state index in [0.29, 0.717) is 5.92 Å². The molecule has 1 aliphatic heterocycles. The van der Waals surface area contributed by atoms with E-state index in [2.05, 4.69) is 17.2 Å². The van der Waals surface area contributed by atoms with E-state index in [9.17, 15) is 4.79 Å². The van der Waals surface area contributed by atoms with Crippen LogP contribution < -0.4 is 5.32 Å². The average Bonchev–Trinajstić information content (AvgIpc) is 3.00. The van der Waals surface area contributed by atoms with Gasteiger partial charge in [0.05, 0.1) is 0 Å². The number of anilines is 2. The molecule has 1 saturated heterocycles. The van der Waals surface area contributed by atoms with Crippen molar-refractivity contribution in [1.82, 2.24) is 9.88 Å². The second-order valence-electron chi connectivity index (χ2n) is 5.54. The Labute approximate surface area is 128 Å². The van der Waals surface area contributed by atoms with Crippen LogP contribution >= 0.6 is 11.3 Å². The summed E-state index contributed by atoms with van der Waals surface area (Å²) in [5.74, 6) is 0.726. The Hall–Kier alpha value is -1.88. The second-order valence-corrected chi connectivity index (χ2v) is 6.44. The highest BCUT2D eigenvalue weighted by Crippen LogP contribution is 2.22. The van der Waals surface area contributed by atoms with Crippen molar-refractivity contribution in [1.29, 1.82) is 0 Å². The molecule has 0 bridgehead atoms. The van der Waals surface area contributed by atoms with Crippen molar-refractivity contribution >= 4 is 28.1 Å². The van der Waals surface area contributed by atoms with Crippen LogP contribution in [0.5, 0.6) is 0 Å². The fraction of sp³-hybridized carbons (Fsp3) is 0.375. The van der Waals surface area contributed by atoms with E-state index in [1.54, 1.807) is 17.5 Å². The minimum atomic E-state index is 0.129. The maximum atomic E-state index is 12.6. The fourth-order valence-corrected chi connectivity index (χ4v) is 3.24. The number of nitrogens with zero attached hydrogens (tertiary/aromatic N) is 2. The van der Waals surface area contributed by atoms with Gasteiger partial charge in [-0.05, 0) is 37.0 Å². The number of carbonyl (C=O) groups excluding carboxylic acids is 1. The molecule has 0 aliphatic carbocycles. The van der Waals surface area contributed by atoms with Crippen molar-refractivity contribution < 1.29 is 4.79 Å². The second kappa shape index (κ2) is 6.26. The number of piperidine rings is 1. The lowest BCUT2D eigenvalue weighted by molar-refractivity contribution is 0.0683. The molecule has 110 valence electrons. The van der Waals surface area contributed by atoms with E-state index in [4.69, 9.17) is 0 Å². The highest BCUT2D eigenvalue weighted by Gasteiger charge is 2.22. The molecule has 1 amide bonds. The van der Waals surface area contributed by atoms with Crippen LogP contribution in [-0.2, 0) is 0 Å². The summed E-state index contributed by atoms with van der Waals surface area (Å²) in [5, 5.41) is 5.99. The van der Waals surface area contributed by atoms with E-state index in [-0.39, 0.29) is 5.91 Å². The first-order chi connectivity index (χ1) is 10.2. The topological polar surface area (TPSA) is 45.2 Å². The van der Waals surface area contributed by atoms with Crippen LogP contribution in [0.4, 0.5) is 10.8 Å². The zero-order chi connectivity index (χ0) is 14.7. The maximum Gasteiger partial charge on any atom is 0.253 e. The molecule has 1 aromatic carbocycles. The van der Waals surface area contributed by atoms with E-state index in [1.807, 2.05) is 34.5 Å². The SMILES string of the molecule is CC1CCCN(C(=O)c2cccc(Nc3nccs3)c2)C1. The van der Waals surface area contributed by atoms with Gasteiger partial charge in [0.1, 0.15) is 0 Å². The van der Waals surface area contributed by atoms with Gasteiger partial charge in [-0.3, -0.25) is 4.79 Å². The summed E-state index contributed by atoms with van der Waals surface area (Å²) in [4.78, 5) is 18.8. The first-order valence-corrected chi connectivity index (χ1v) is 8.16. The van der Waals surface area contributed by atoms with E-state index in [1.165, 1.54) is 6.42 Å². The van der Waals surface area contributed by atoms with Gasteiger partial charge < -0.3 is 10.2 Å². The van der Waals surface area contributed by atoms with Crippen LogP contribution in [0.1, 0.15) is 30.1 Å². The molecule has 2 heterocycles. The molecule has 5 heteroatoms.